The van der Waals surface area contributed by atoms with Crippen molar-refractivity contribution in [2.45, 2.75) is 19.9 Å². The number of nitrogens with one attached hydrogen (secondary N) is 2. The SMILES string of the molecule is Cc1ccc(-c2n[nH]c(=S)n2CC(=O)Nc2ncc(Cc3ccc(Cl)cc3Cl)s2)cc1. The van der Waals surface area contributed by atoms with Gasteiger partial charge in [-0.2, -0.15) is 5.10 Å². The quantitative estimate of drug-likeness (QED) is 0.330. The monoisotopic (exact) mass is 489 g/mol. The molecule has 0 aliphatic carbocycles. The van der Waals surface area contributed by atoms with Crippen molar-refractivity contribution in [3.63, 3.8) is 0 Å². The molecule has 0 atom stereocenters. The van der Waals surface area contributed by atoms with Gasteiger partial charge >= 0.3 is 0 Å². The Kier molecular flexibility index (Phi) is 6.52. The van der Waals surface area contributed by atoms with Crippen LogP contribution in [-0.4, -0.2) is 25.7 Å². The molecule has 4 rings (SSSR count). The summed E-state index contributed by atoms with van der Waals surface area (Å²) in [6.45, 7) is 2.04. The number of rotatable bonds is 6. The van der Waals surface area contributed by atoms with Gasteiger partial charge in [0.25, 0.3) is 0 Å². The lowest BCUT2D eigenvalue weighted by Crippen LogP contribution is -2.19. The molecule has 6 nitrogen and oxygen atoms in total. The molecule has 2 N–H and O–H groups in total. The van der Waals surface area contributed by atoms with Crippen molar-refractivity contribution in [2.75, 3.05) is 5.32 Å². The zero-order chi connectivity index (χ0) is 22.0. The number of aryl methyl sites for hydroxylation is 1. The molecule has 0 aliphatic heterocycles. The molecule has 31 heavy (non-hydrogen) atoms. The van der Waals surface area contributed by atoms with Gasteiger partial charge in [0.1, 0.15) is 6.54 Å². The number of hydrogen-bond donors (Lipinski definition) is 2. The largest absolute Gasteiger partial charge is 0.300 e. The van der Waals surface area contributed by atoms with Crippen molar-refractivity contribution < 1.29 is 4.79 Å². The lowest BCUT2D eigenvalue weighted by Gasteiger charge is -2.07. The second kappa shape index (κ2) is 9.32. The van der Waals surface area contributed by atoms with Gasteiger partial charge in [0.2, 0.25) is 5.91 Å². The smallest absolute Gasteiger partial charge is 0.246 e. The number of hydrogen-bond acceptors (Lipinski definition) is 5. The maximum atomic E-state index is 12.6. The molecule has 0 aliphatic rings. The summed E-state index contributed by atoms with van der Waals surface area (Å²) >= 11 is 18.9. The number of aromatic amines is 1. The number of halogens is 2. The number of nitrogens with zero attached hydrogens (tertiary/aromatic N) is 3. The van der Waals surface area contributed by atoms with Crippen LogP contribution in [0.2, 0.25) is 10.0 Å². The Labute approximate surface area is 197 Å². The molecular weight excluding hydrogens is 473 g/mol. The lowest BCUT2D eigenvalue weighted by molar-refractivity contribution is -0.116. The van der Waals surface area contributed by atoms with Gasteiger partial charge in [0.05, 0.1) is 0 Å². The van der Waals surface area contributed by atoms with E-state index in [4.69, 9.17) is 35.4 Å². The number of carbonyl (C=O) groups excluding carboxylic acids is 1. The average molecular weight is 490 g/mol. The molecule has 0 bridgehead atoms. The fourth-order valence-electron chi connectivity index (χ4n) is 2.99. The van der Waals surface area contributed by atoms with E-state index in [9.17, 15) is 4.79 Å². The Balaban J connectivity index is 1.45. The first-order chi connectivity index (χ1) is 14.9. The van der Waals surface area contributed by atoms with E-state index in [0.717, 1.165) is 21.6 Å². The van der Waals surface area contributed by atoms with Crippen LogP contribution >= 0.6 is 46.8 Å². The maximum Gasteiger partial charge on any atom is 0.246 e. The van der Waals surface area contributed by atoms with E-state index in [1.54, 1.807) is 22.9 Å². The third kappa shape index (κ3) is 5.22. The summed E-state index contributed by atoms with van der Waals surface area (Å²) in [6, 6.07) is 13.3. The van der Waals surface area contributed by atoms with Crippen molar-refractivity contribution >= 4 is 57.8 Å². The number of carbonyl (C=O) groups is 1. The van der Waals surface area contributed by atoms with E-state index in [2.05, 4.69) is 20.5 Å². The minimum absolute atomic E-state index is 0.0243. The van der Waals surface area contributed by atoms with Crippen molar-refractivity contribution in [3.05, 3.63) is 79.5 Å². The molecule has 0 radical (unpaired) electrons. The van der Waals surface area contributed by atoms with Crippen molar-refractivity contribution in [1.29, 1.82) is 0 Å². The molecule has 2 heterocycles. The van der Waals surface area contributed by atoms with Gasteiger partial charge in [-0.25, -0.2) is 4.98 Å². The number of thiazole rings is 1. The van der Waals surface area contributed by atoms with Crippen LogP contribution in [0.1, 0.15) is 16.0 Å². The van der Waals surface area contributed by atoms with Crippen LogP contribution in [0.3, 0.4) is 0 Å². The minimum Gasteiger partial charge on any atom is -0.300 e. The summed E-state index contributed by atoms with van der Waals surface area (Å²) in [5.41, 5.74) is 2.96. The highest BCUT2D eigenvalue weighted by Crippen LogP contribution is 2.27. The topological polar surface area (TPSA) is 75.6 Å². The second-order valence-corrected chi connectivity index (χ2v) is 9.24. The van der Waals surface area contributed by atoms with Crippen LogP contribution in [0.25, 0.3) is 11.4 Å². The van der Waals surface area contributed by atoms with Crippen LogP contribution in [-0.2, 0) is 17.8 Å². The predicted octanol–water partition coefficient (Wildman–Crippen LogP) is 5.91. The zero-order valence-corrected chi connectivity index (χ0v) is 19.5. The summed E-state index contributed by atoms with van der Waals surface area (Å²) in [6.07, 6.45) is 2.33. The molecule has 0 fully saturated rings. The van der Waals surface area contributed by atoms with Crippen LogP contribution in [0, 0.1) is 11.7 Å². The number of H-pyrrole nitrogens is 1. The van der Waals surface area contributed by atoms with Gasteiger partial charge in [-0.15, -0.1) is 11.3 Å². The highest BCUT2D eigenvalue weighted by atomic mass is 35.5. The Hall–Kier alpha value is -2.52. The van der Waals surface area contributed by atoms with Crippen LogP contribution in [0.4, 0.5) is 5.13 Å². The van der Waals surface area contributed by atoms with E-state index in [-0.39, 0.29) is 12.5 Å². The Bertz CT molecular complexity index is 1290. The fourth-order valence-corrected chi connectivity index (χ4v) is 4.51. The van der Waals surface area contributed by atoms with Gasteiger partial charge in [-0.1, -0.05) is 59.1 Å². The number of benzene rings is 2. The normalized spacial score (nSPS) is 10.9. The van der Waals surface area contributed by atoms with Crippen molar-refractivity contribution in [3.8, 4) is 11.4 Å². The molecule has 158 valence electrons. The first-order valence-electron chi connectivity index (χ1n) is 9.30. The fraction of sp³-hybridized carbons (Fsp3) is 0.143. The Morgan fingerprint density at radius 2 is 2.00 bits per heavy atom. The second-order valence-electron chi connectivity index (χ2n) is 6.90. The van der Waals surface area contributed by atoms with Gasteiger partial charge in [-0.3, -0.25) is 14.5 Å². The van der Waals surface area contributed by atoms with E-state index in [1.165, 1.54) is 11.3 Å². The summed E-state index contributed by atoms with van der Waals surface area (Å²) in [5, 5.41) is 11.6. The molecule has 2 aromatic carbocycles. The first-order valence-corrected chi connectivity index (χ1v) is 11.3. The van der Waals surface area contributed by atoms with Crippen molar-refractivity contribution in [1.82, 2.24) is 19.7 Å². The average Bonchev–Trinajstić information content (AvgIpc) is 3.31. The summed E-state index contributed by atoms with van der Waals surface area (Å²) < 4.78 is 2.04. The standard InChI is InChI=1S/C21H17Cl2N5OS2/c1-12-2-4-13(5-3-12)19-26-27-21(30)28(19)11-18(29)25-20-24-10-16(31-20)8-14-6-7-15(22)9-17(14)23/h2-7,9-10H,8,11H2,1H3,(H,27,30)(H,24,25,29). The Morgan fingerprint density at radius 3 is 2.74 bits per heavy atom. The molecule has 0 saturated heterocycles. The number of aromatic nitrogens is 4. The third-order valence-electron chi connectivity index (χ3n) is 4.55. The summed E-state index contributed by atoms with van der Waals surface area (Å²) in [5.74, 6) is 0.369. The molecule has 1 amide bonds. The van der Waals surface area contributed by atoms with Gasteiger partial charge in [0, 0.05) is 33.1 Å². The Morgan fingerprint density at radius 1 is 1.23 bits per heavy atom. The van der Waals surface area contributed by atoms with E-state index >= 15 is 0 Å². The van der Waals surface area contributed by atoms with Crippen LogP contribution < -0.4 is 5.32 Å². The molecule has 2 aromatic heterocycles. The first kappa shape index (κ1) is 21.7. The molecular formula is C21H17Cl2N5OS2. The maximum absolute atomic E-state index is 12.6. The highest BCUT2D eigenvalue weighted by molar-refractivity contribution is 7.71. The third-order valence-corrected chi connectivity index (χ3v) is 6.36. The van der Waals surface area contributed by atoms with Gasteiger partial charge in [0.15, 0.2) is 15.7 Å². The number of amides is 1. The van der Waals surface area contributed by atoms with E-state index in [0.29, 0.717) is 32.2 Å². The van der Waals surface area contributed by atoms with Gasteiger partial charge in [-0.05, 0) is 36.8 Å². The highest BCUT2D eigenvalue weighted by Gasteiger charge is 2.14. The number of anilines is 1. The summed E-state index contributed by atoms with van der Waals surface area (Å²) in [7, 11) is 0. The minimum atomic E-state index is -0.240. The molecule has 4 aromatic rings. The van der Waals surface area contributed by atoms with Crippen LogP contribution in [0.15, 0.2) is 48.7 Å². The summed E-state index contributed by atoms with van der Waals surface area (Å²) in [4.78, 5) is 17.9. The van der Waals surface area contributed by atoms with Gasteiger partial charge < -0.3 is 5.32 Å². The lowest BCUT2D eigenvalue weighted by atomic mass is 10.1. The van der Waals surface area contributed by atoms with Crippen molar-refractivity contribution in [2.24, 2.45) is 0 Å². The van der Waals surface area contributed by atoms with E-state index < -0.39 is 0 Å². The molecule has 0 unspecified atom stereocenters. The molecule has 0 saturated carbocycles. The zero-order valence-electron chi connectivity index (χ0n) is 16.4. The molecule has 10 heteroatoms. The van der Waals surface area contributed by atoms with Crippen LogP contribution in [0.5, 0.6) is 0 Å². The molecule has 0 spiro atoms. The van der Waals surface area contributed by atoms with E-state index in [1.807, 2.05) is 37.3 Å². The predicted molar refractivity (Wildman–Crippen MR) is 128 cm³/mol.